The number of hydrogen-bond acceptors (Lipinski definition) is 2. The van der Waals surface area contributed by atoms with Gasteiger partial charge in [0.1, 0.15) is 5.75 Å². The fourth-order valence-corrected chi connectivity index (χ4v) is 3.53. The van der Waals surface area contributed by atoms with Gasteiger partial charge in [-0.05, 0) is 59.9 Å². The molecular weight excluding hydrogens is 344 g/mol. The summed E-state index contributed by atoms with van der Waals surface area (Å²) in [4.78, 5) is 13.4. The fourth-order valence-electron chi connectivity index (χ4n) is 3.41. The number of ketones is 1. The van der Waals surface area contributed by atoms with Crippen molar-refractivity contribution in [2.45, 2.75) is 25.2 Å². The maximum atomic E-state index is 13.4. The van der Waals surface area contributed by atoms with Gasteiger partial charge in [0.15, 0.2) is 5.78 Å². The number of rotatable bonds is 6. The Balaban J connectivity index is 2.06. The van der Waals surface area contributed by atoms with Gasteiger partial charge in [-0.15, -0.1) is 0 Å². The Labute approximate surface area is 159 Å². The molecule has 132 valence electrons. The molecule has 2 nitrogen and oxygen atoms in total. The monoisotopic (exact) mass is 364 g/mol. The van der Waals surface area contributed by atoms with Crippen molar-refractivity contribution in [3.05, 3.63) is 101 Å². The van der Waals surface area contributed by atoms with Gasteiger partial charge >= 0.3 is 0 Å². The van der Waals surface area contributed by atoms with E-state index in [9.17, 15) is 9.90 Å². The van der Waals surface area contributed by atoms with Crippen molar-refractivity contribution < 1.29 is 9.90 Å². The second-order valence-corrected chi connectivity index (χ2v) is 6.80. The van der Waals surface area contributed by atoms with E-state index in [0.29, 0.717) is 10.6 Å². The lowest BCUT2D eigenvalue weighted by Crippen LogP contribution is -2.20. The van der Waals surface area contributed by atoms with Crippen LogP contribution in [0, 0.1) is 0 Å². The van der Waals surface area contributed by atoms with E-state index in [1.165, 1.54) is 0 Å². The molecule has 0 aromatic heterocycles. The van der Waals surface area contributed by atoms with Gasteiger partial charge in [-0.1, -0.05) is 61.0 Å². The smallest absolute Gasteiger partial charge is 0.170 e. The van der Waals surface area contributed by atoms with Gasteiger partial charge in [0, 0.05) is 10.6 Å². The van der Waals surface area contributed by atoms with Crippen molar-refractivity contribution in [2.75, 3.05) is 0 Å². The molecule has 0 bridgehead atoms. The molecule has 1 N–H and O–H groups in total. The van der Waals surface area contributed by atoms with Crippen LogP contribution in [0.1, 0.15) is 46.7 Å². The molecule has 0 aliphatic heterocycles. The number of phenols is 1. The average Bonchev–Trinajstić information content (AvgIpc) is 2.68. The van der Waals surface area contributed by atoms with E-state index >= 15 is 0 Å². The highest BCUT2D eigenvalue weighted by Crippen LogP contribution is 2.38. The Bertz CT molecular complexity index is 855. The molecule has 0 saturated carbocycles. The number of halogens is 1. The van der Waals surface area contributed by atoms with Crippen LogP contribution >= 0.6 is 11.6 Å². The van der Waals surface area contributed by atoms with E-state index in [0.717, 1.165) is 17.5 Å². The van der Waals surface area contributed by atoms with Crippen LogP contribution < -0.4 is 0 Å². The molecule has 0 aliphatic carbocycles. The number of hydrogen-bond donors (Lipinski definition) is 1. The van der Waals surface area contributed by atoms with Gasteiger partial charge in [0.05, 0.1) is 5.92 Å². The second-order valence-electron chi connectivity index (χ2n) is 6.37. The lowest BCUT2D eigenvalue weighted by atomic mass is 9.76. The van der Waals surface area contributed by atoms with E-state index in [1.54, 1.807) is 24.3 Å². The minimum Gasteiger partial charge on any atom is -0.508 e. The van der Waals surface area contributed by atoms with Crippen molar-refractivity contribution in [2.24, 2.45) is 0 Å². The van der Waals surface area contributed by atoms with Gasteiger partial charge in [0.25, 0.3) is 0 Å². The largest absolute Gasteiger partial charge is 0.508 e. The molecule has 0 heterocycles. The van der Waals surface area contributed by atoms with Crippen molar-refractivity contribution in [1.82, 2.24) is 0 Å². The number of carbonyl (C=O) groups is 1. The first kappa shape index (κ1) is 18.2. The predicted octanol–water partition coefficient (Wildman–Crippen LogP) is 6.21. The summed E-state index contributed by atoms with van der Waals surface area (Å²) < 4.78 is 0. The van der Waals surface area contributed by atoms with E-state index in [1.807, 2.05) is 54.6 Å². The molecule has 3 aromatic carbocycles. The third-order valence-corrected chi connectivity index (χ3v) is 4.99. The van der Waals surface area contributed by atoms with E-state index < -0.39 is 0 Å². The third-order valence-electron chi connectivity index (χ3n) is 4.73. The van der Waals surface area contributed by atoms with Crippen molar-refractivity contribution in [3.63, 3.8) is 0 Å². The molecule has 0 radical (unpaired) electrons. The van der Waals surface area contributed by atoms with Gasteiger partial charge in [-0.2, -0.15) is 0 Å². The van der Waals surface area contributed by atoms with Crippen LogP contribution in [0.4, 0.5) is 0 Å². The summed E-state index contributed by atoms with van der Waals surface area (Å²) in [5.41, 5.74) is 2.69. The minimum absolute atomic E-state index is 0.0379. The van der Waals surface area contributed by atoms with Crippen molar-refractivity contribution >= 4 is 17.4 Å². The second kappa shape index (κ2) is 8.20. The first-order chi connectivity index (χ1) is 12.6. The highest BCUT2D eigenvalue weighted by Gasteiger charge is 2.30. The molecule has 3 heteroatoms. The summed E-state index contributed by atoms with van der Waals surface area (Å²) >= 11 is 6.04. The zero-order chi connectivity index (χ0) is 18.5. The summed E-state index contributed by atoms with van der Waals surface area (Å²) in [6, 6.07) is 24.1. The number of Topliss-reactive ketones (excluding diaryl/α,β-unsaturated/α-hetero) is 1. The standard InChI is InChI=1S/C23H21ClO2/c1-2-21(16-8-12-19(24)13-9-16)22(17-6-4-3-5-7-17)23(26)18-10-14-20(25)15-11-18/h3-15,21-22,25H,2H2,1H3/t21-,22+/m1/s1. The maximum Gasteiger partial charge on any atom is 0.170 e. The number of phenolic OH excluding ortho intramolecular Hbond substituents is 1. The van der Waals surface area contributed by atoms with Gasteiger partial charge < -0.3 is 5.11 Å². The Morgan fingerprint density at radius 2 is 1.50 bits per heavy atom. The van der Waals surface area contributed by atoms with Crippen LogP contribution in [0.3, 0.4) is 0 Å². The molecule has 0 amide bonds. The number of benzene rings is 3. The quantitative estimate of drug-likeness (QED) is 0.528. The summed E-state index contributed by atoms with van der Waals surface area (Å²) in [5.74, 6) is -0.0524. The lowest BCUT2D eigenvalue weighted by molar-refractivity contribution is 0.0945. The molecule has 0 spiro atoms. The van der Waals surface area contributed by atoms with Crippen LogP contribution in [0.15, 0.2) is 78.9 Å². The molecule has 0 saturated heterocycles. The van der Waals surface area contributed by atoms with Gasteiger partial charge in [-0.3, -0.25) is 4.79 Å². The molecule has 26 heavy (non-hydrogen) atoms. The highest BCUT2D eigenvalue weighted by atomic mass is 35.5. The molecular formula is C23H21ClO2. The fraction of sp³-hybridized carbons (Fsp3) is 0.174. The third kappa shape index (κ3) is 3.97. The molecule has 0 unspecified atom stereocenters. The summed E-state index contributed by atoms with van der Waals surface area (Å²) in [6.07, 6.45) is 0.824. The van der Waals surface area contributed by atoms with Crippen molar-refractivity contribution in [3.8, 4) is 5.75 Å². The highest BCUT2D eigenvalue weighted by molar-refractivity contribution is 6.30. The Hall–Kier alpha value is -2.58. The average molecular weight is 365 g/mol. The zero-order valence-electron chi connectivity index (χ0n) is 14.6. The summed E-state index contributed by atoms with van der Waals surface area (Å²) in [6.45, 7) is 2.10. The first-order valence-corrected chi connectivity index (χ1v) is 9.11. The first-order valence-electron chi connectivity index (χ1n) is 8.73. The van der Waals surface area contributed by atoms with Crippen LogP contribution in [-0.4, -0.2) is 10.9 Å². The van der Waals surface area contributed by atoms with Crippen LogP contribution in [0.2, 0.25) is 5.02 Å². The molecule has 0 aliphatic rings. The maximum absolute atomic E-state index is 13.4. The SMILES string of the molecule is CC[C@H](c1ccc(Cl)cc1)[C@@H](C(=O)c1ccc(O)cc1)c1ccccc1. The lowest BCUT2D eigenvalue weighted by Gasteiger charge is -2.26. The van der Waals surface area contributed by atoms with Crippen LogP contribution in [0.25, 0.3) is 0 Å². The van der Waals surface area contributed by atoms with E-state index in [4.69, 9.17) is 11.6 Å². The normalized spacial score (nSPS) is 13.2. The predicted molar refractivity (Wildman–Crippen MR) is 106 cm³/mol. The molecule has 0 fully saturated rings. The van der Waals surface area contributed by atoms with Gasteiger partial charge in [0.2, 0.25) is 0 Å². The molecule has 3 aromatic rings. The topological polar surface area (TPSA) is 37.3 Å². The van der Waals surface area contributed by atoms with Gasteiger partial charge in [-0.25, -0.2) is 0 Å². The summed E-state index contributed by atoms with van der Waals surface area (Å²) in [5, 5.41) is 10.2. The van der Waals surface area contributed by atoms with E-state index in [-0.39, 0.29) is 23.4 Å². The van der Waals surface area contributed by atoms with Crippen LogP contribution in [-0.2, 0) is 0 Å². The number of carbonyl (C=O) groups excluding carboxylic acids is 1. The van der Waals surface area contributed by atoms with Crippen molar-refractivity contribution in [1.29, 1.82) is 0 Å². The Kier molecular flexibility index (Phi) is 5.75. The summed E-state index contributed by atoms with van der Waals surface area (Å²) in [7, 11) is 0. The molecule has 3 rings (SSSR count). The van der Waals surface area contributed by atoms with E-state index in [2.05, 4.69) is 6.92 Å². The Morgan fingerprint density at radius 1 is 0.885 bits per heavy atom. The Morgan fingerprint density at radius 3 is 2.08 bits per heavy atom. The molecule has 2 atom stereocenters. The minimum atomic E-state index is -0.299. The zero-order valence-corrected chi connectivity index (χ0v) is 15.4. The number of aromatic hydroxyl groups is 1. The van der Waals surface area contributed by atoms with Crippen LogP contribution in [0.5, 0.6) is 5.75 Å².